The first kappa shape index (κ1) is 30.0. The molecule has 0 radical (unpaired) electrons. The van der Waals surface area contributed by atoms with Crippen LogP contribution >= 0.6 is 0 Å². The van der Waals surface area contributed by atoms with Gasteiger partial charge >= 0.3 is 6.03 Å². The molecule has 4 heterocycles. The molecular formula is C30H28F3N7O5S. The van der Waals surface area contributed by atoms with E-state index in [1.807, 2.05) is 29.6 Å². The third-order valence-corrected chi connectivity index (χ3v) is 9.94. The Morgan fingerprint density at radius 1 is 1.09 bits per heavy atom. The maximum atomic E-state index is 15.0. The first-order chi connectivity index (χ1) is 21.9. The molecule has 46 heavy (non-hydrogen) atoms. The van der Waals surface area contributed by atoms with E-state index in [9.17, 15) is 31.2 Å². The highest BCUT2D eigenvalue weighted by molar-refractivity contribution is 7.90. The molecule has 1 saturated heterocycles. The van der Waals surface area contributed by atoms with Crippen molar-refractivity contribution in [3.05, 3.63) is 82.9 Å². The molecule has 12 nitrogen and oxygen atoms in total. The van der Waals surface area contributed by atoms with Gasteiger partial charge in [-0.25, -0.2) is 36.1 Å². The van der Waals surface area contributed by atoms with E-state index in [1.165, 1.54) is 12.1 Å². The molecule has 2 aromatic carbocycles. The normalized spacial score (nSPS) is 19.6. The quantitative estimate of drug-likeness (QED) is 0.283. The summed E-state index contributed by atoms with van der Waals surface area (Å²) in [6.45, 7) is 2.90. The maximum absolute atomic E-state index is 15.0. The summed E-state index contributed by atoms with van der Waals surface area (Å²) >= 11 is 0. The van der Waals surface area contributed by atoms with Gasteiger partial charge in [-0.2, -0.15) is 9.61 Å². The average Bonchev–Trinajstić information content (AvgIpc) is 3.32. The van der Waals surface area contributed by atoms with Gasteiger partial charge in [0.05, 0.1) is 24.1 Å². The van der Waals surface area contributed by atoms with Gasteiger partial charge < -0.3 is 20.3 Å². The van der Waals surface area contributed by atoms with E-state index in [0.717, 1.165) is 28.0 Å². The summed E-state index contributed by atoms with van der Waals surface area (Å²) in [4.78, 5) is 31.4. The van der Waals surface area contributed by atoms with E-state index in [0.29, 0.717) is 38.1 Å². The molecular weight excluding hydrogens is 627 g/mol. The predicted molar refractivity (Wildman–Crippen MR) is 158 cm³/mol. The van der Waals surface area contributed by atoms with Crippen LogP contribution in [0.5, 0.6) is 0 Å². The number of aryl methyl sites for hydroxylation is 1. The number of aromatic nitrogens is 3. The molecule has 16 heteroatoms. The largest absolute Gasteiger partial charge is 0.365 e. The monoisotopic (exact) mass is 655 g/mol. The SMILES string of the molecule is Cc1ccc(Nc2c(C(=O)N3CCC4(CC3)OCc3ccccc34)cnc3c(S(=O)(=O)NC(=O)NC4CC4(F)F)cnn23)c(F)c1. The number of carbonyl (C=O) groups is 2. The number of halogens is 3. The van der Waals surface area contributed by atoms with Crippen molar-refractivity contribution in [3.8, 4) is 0 Å². The fourth-order valence-electron chi connectivity index (χ4n) is 6.00. The summed E-state index contributed by atoms with van der Waals surface area (Å²) in [5.74, 6) is -4.25. The third kappa shape index (κ3) is 5.20. The summed E-state index contributed by atoms with van der Waals surface area (Å²) in [6, 6.07) is 9.57. The molecule has 2 aliphatic heterocycles. The second-order valence-corrected chi connectivity index (χ2v) is 13.4. The fourth-order valence-corrected chi connectivity index (χ4v) is 6.98. The molecule has 1 aliphatic carbocycles. The van der Waals surface area contributed by atoms with Crippen LogP contribution in [0.2, 0.25) is 0 Å². The molecule has 1 unspecified atom stereocenters. The van der Waals surface area contributed by atoms with Crippen molar-refractivity contribution in [1.82, 2.24) is 29.5 Å². The zero-order valence-electron chi connectivity index (χ0n) is 24.4. The van der Waals surface area contributed by atoms with Crippen LogP contribution in [0.4, 0.5) is 29.5 Å². The Kier molecular flexibility index (Phi) is 6.97. The molecule has 2 fully saturated rings. The minimum Gasteiger partial charge on any atom is -0.365 e. The van der Waals surface area contributed by atoms with Crippen LogP contribution in [0.15, 0.2) is 59.8 Å². The van der Waals surface area contributed by atoms with Crippen LogP contribution in [0, 0.1) is 12.7 Å². The van der Waals surface area contributed by atoms with Crippen molar-refractivity contribution in [2.24, 2.45) is 0 Å². The average molecular weight is 656 g/mol. The number of piperidine rings is 1. The lowest BCUT2D eigenvalue weighted by Gasteiger charge is -2.39. The van der Waals surface area contributed by atoms with E-state index in [1.54, 1.807) is 22.6 Å². The number of carbonyl (C=O) groups excluding carboxylic acids is 2. The number of sulfonamides is 1. The Labute approximate surface area is 261 Å². The minimum absolute atomic E-state index is 0.00937. The summed E-state index contributed by atoms with van der Waals surface area (Å²) < 4.78 is 76.6. The van der Waals surface area contributed by atoms with E-state index in [2.05, 4.69) is 15.4 Å². The molecule has 240 valence electrons. The molecule has 7 rings (SSSR count). The van der Waals surface area contributed by atoms with Gasteiger partial charge in [-0.1, -0.05) is 30.3 Å². The van der Waals surface area contributed by atoms with E-state index in [-0.39, 0.29) is 22.7 Å². The van der Waals surface area contributed by atoms with Gasteiger partial charge in [-0.15, -0.1) is 0 Å². The molecule has 1 saturated carbocycles. The van der Waals surface area contributed by atoms with Crippen molar-refractivity contribution >= 4 is 39.1 Å². The van der Waals surface area contributed by atoms with Crippen molar-refractivity contribution in [2.45, 2.75) is 55.3 Å². The minimum atomic E-state index is -4.66. The van der Waals surface area contributed by atoms with Crippen LogP contribution < -0.4 is 15.4 Å². The van der Waals surface area contributed by atoms with Gasteiger partial charge in [0, 0.05) is 25.7 Å². The van der Waals surface area contributed by atoms with Crippen molar-refractivity contribution < 1.29 is 35.9 Å². The lowest BCUT2D eigenvalue weighted by molar-refractivity contribution is -0.0741. The van der Waals surface area contributed by atoms with Crippen LogP contribution in [-0.4, -0.2) is 64.9 Å². The second kappa shape index (κ2) is 10.7. The van der Waals surface area contributed by atoms with Gasteiger partial charge in [-0.05, 0) is 48.6 Å². The number of anilines is 2. The molecule has 1 spiro atoms. The lowest BCUT2D eigenvalue weighted by atomic mass is 9.83. The molecule has 3 aliphatic rings. The number of hydrogen-bond donors (Lipinski definition) is 3. The summed E-state index contributed by atoms with van der Waals surface area (Å²) in [7, 11) is -4.66. The topological polar surface area (TPSA) is 147 Å². The Balaban J connectivity index is 1.20. The van der Waals surface area contributed by atoms with Crippen LogP contribution in [0.1, 0.15) is 46.3 Å². The van der Waals surface area contributed by atoms with Crippen LogP contribution in [-0.2, 0) is 27.0 Å². The number of benzene rings is 2. The Bertz CT molecular complexity index is 2010. The van der Waals surface area contributed by atoms with Gasteiger partial charge in [0.25, 0.3) is 21.9 Å². The fraction of sp³-hybridized carbons (Fsp3) is 0.333. The molecule has 3 N–H and O–H groups in total. The number of hydrogen-bond acceptors (Lipinski definition) is 8. The molecule has 3 amide bonds. The van der Waals surface area contributed by atoms with E-state index < -0.39 is 56.7 Å². The number of alkyl halides is 2. The van der Waals surface area contributed by atoms with Gasteiger partial charge in [0.15, 0.2) is 10.5 Å². The summed E-state index contributed by atoms with van der Waals surface area (Å²) in [5.41, 5.74) is 2.07. The first-order valence-electron chi connectivity index (χ1n) is 14.5. The zero-order valence-corrected chi connectivity index (χ0v) is 25.2. The Morgan fingerprint density at radius 3 is 2.54 bits per heavy atom. The molecule has 1 atom stereocenters. The Morgan fingerprint density at radius 2 is 1.83 bits per heavy atom. The number of likely N-dealkylation sites (tertiary alicyclic amines) is 1. The van der Waals surface area contributed by atoms with Crippen molar-refractivity contribution in [2.75, 3.05) is 18.4 Å². The Hall–Kier alpha value is -4.70. The number of rotatable bonds is 6. The van der Waals surface area contributed by atoms with Crippen molar-refractivity contribution in [3.63, 3.8) is 0 Å². The summed E-state index contributed by atoms with van der Waals surface area (Å²) in [5, 5.41) is 8.90. The molecule has 2 aromatic heterocycles. The highest BCUT2D eigenvalue weighted by atomic mass is 32.2. The zero-order chi connectivity index (χ0) is 32.4. The smallest absolute Gasteiger partial charge is 0.329 e. The number of urea groups is 1. The molecule has 0 bridgehead atoms. The number of ether oxygens (including phenoxy) is 1. The number of fused-ring (bicyclic) bond motifs is 3. The highest BCUT2D eigenvalue weighted by Crippen LogP contribution is 2.44. The van der Waals surface area contributed by atoms with Gasteiger partial charge in [-0.3, -0.25) is 4.79 Å². The third-order valence-electron chi connectivity index (χ3n) is 8.62. The maximum Gasteiger partial charge on any atom is 0.329 e. The second-order valence-electron chi connectivity index (χ2n) is 11.7. The van der Waals surface area contributed by atoms with Gasteiger partial charge in [0.2, 0.25) is 0 Å². The van der Waals surface area contributed by atoms with E-state index >= 15 is 0 Å². The predicted octanol–water partition coefficient (Wildman–Crippen LogP) is 3.98. The number of nitrogens with one attached hydrogen (secondary N) is 3. The van der Waals surface area contributed by atoms with Crippen LogP contribution in [0.25, 0.3) is 5.65 Å². The lowest BCUT2D eigenvalue weighted by Crippen LogP contribution is -2.45. The standard InChI is InChI=1S/C30H28F3N7O5S/c1-17-6-7-22(21(31)12-17)36-25-19(27(41)39-10-8-29(9-11-39)20-5-3-2-4-18(20)16-45-29)14-34-26-23(15-35-40(25)26)46(43,44)38-28(42)37-24-13-30(24,32)33/h2-7,12,14-15,24,36H,8-11,13,16H2,1H3,(H2,37,38,42). The van der Waals surface area contributed by atoms with E-state index in [4.69, 9.17) is 4.74 Å². The van der Waals surface area contributed by atoms with Gasteiger partial charge in [0.1, 0.15) is 23.2 Å². The number of amides is 3. The molecule has 4 aromatic rings. The number of nitrogens with zero attached hydrogens (tertiary/aromatic N) is 4. The van der Waals surface area contributed by atoms with Crippen LogP contribution in [0.3, 0.4) is 0 Å². The first-order valence-corrected chi connectivity index (χ1v) is 16.0. The highest BCUT2D eigenvalue weighted by Gasteiger charge is 2.58. The van der Waals surface area contributed by atoms with Crippen molar-refractivity contribution in [1.29, 1.82) is 0 Å². The summed E-state index contributed by atoms with van der Waals surface area (Å²) in [6.07, 6.45) is 2.55.